The summed E-state index contributed by atoms with van der Waals surface area (Å²) in [5.74, 6) is 0. The Kier molecular flexibility index (Phi) is 2.85. The van der Waals surface area contributed by atoms with Crippen molar-refractivity contribution < 1.29 is 9.84 Å². The van der Waals surface area contributed by atoms with E-state index in [4.69, 9.17) is 4.74 Å². The summed E-state index contributed by atoms with van der Waals surface area (Å²) in [6, 6.07) is 10.1. The van der Waals surface area contributed by atoms with Gasteiger partial charge in [0.05, 0.1) is 12.2 Å². The summed E-state index contributed by atoms with van der Waals surface area (Å²) in [7, 11) is 0. The molecule has 0 aromatic heterocycles. The number of hydrogen-bond acceptors (Lipinski definition) is 2. The first kappa shape index (κ1) is 9.69. The third-order valence-electron chi connectivity index (χ3n) is 2.68. The van der Waals surface area contributed by atoms with Crippen molar-refractivity contribution in [3.8, 4) is 0 Å². The fourth-order valence-corrected chi connectivity index (χ4v) is 1.95. The van der Waals surface area contributed by atoms with Crippen LogP contribution in [-0.4, -0.2) is 23.9 Å². The molecule has 1 fully saturated rings. The fraction of sp³-hybridized carbons (Fsp3) is 0.500. The number of aliphatic hydroxyl groups is 1. The van der Waals surface area contributed by atoms with Crippen LogP contribution in [0.3, 0.4) is 0 Å². The van der Waals surface area contributed by atoms with Gasteiger partial charge in [0.1, 0.15) is 0 Å². The highest BCUT2D eigenvalue weighted by Gasteiger charge is 2.29. The van der Waals surface area contributed by atoms with Crippen LogP contribution in [-0.2, 0) is 11.2 Å². The molecular weight excluding hydrogens is 176 g/mol. The summed E-state index contributed by atoms with van der Waals surface area (Å²) in [4.78, 5) is 0. The van der Waals surface area contributed by atoms with Gasteiger partial charge < -0.3 is 9.84 Å². The van der Waals surface area contributed by atoms with Crippen LogP contribution in [0.25, 0.3) is 0 Å². The van der Waals surface area contributed by atoms with Crippen molar-refractivity contribution in [1.82, 2.24) is 0 Å². The van der Waals surface area contributed by atoms with Crippen molar-refractivity contribution in [3.63, 3.8) is 0 Å². The van der Waals surface area contributed by atoms with Gasteiger partial charge in [-0.05, 0) is 18.4 Å². The van der Waals surface area contributed by atoms with Gasteiger partial charge in [-0.15, -0.1) is 0 Å². The molecular formula is C12H16O2. The minimum absolute atomic E-state index is 0.474. The van der Waals surface area contributed by atoms with Gasteiger partial charge in [0, 0.05) is 13.0 Å². The van der Waals surface area contributed by atoms with Crippen molar-refractivity contribution in [1.29, 1.82) is 0 Å². The molecule has 1 aliphatic heterocycles. The van der Waals surface area contributed by atoms with Gasteiger partial charge in [-0.1, -0.05) is 30.3 Å². The van der Waals surface area contributed by atoms with E-state index in [9.17, 15) is 5.11 Å². The Morgan fingerprint density at radius 1 is 1.29 bits per heavy atom. The molecule has 1 unspecified atom stereocenters. The van der Waals surface area contributed by atoms with Crippen molar-refractivity contribution >= 4 is 0 Å². The quantitative estimate of drug-likeness (QED) is 0.773. The van der Waals surface area contributed by atoms with E-state index < -0.39 is 5.60 Å². The Bertz CT molecular complexity index is 276. The van der Waals surface area contributed by atoms with Crippen LogP contribution in [0.4, 0.5) is 0 Å². The lowest BCUT2D eigenvalue weighted by Gasteiger charge is -2.31. The monoisotopic (exact) mass is 192 g/mol. The van der Waals surface area contributed by atoms with E-state index in [1.807, 2.05) is 30.3 Å². The van der Waals surface area contributed by atoms with Gasteiger partial charge in [-0.25, -0.2) is 0 Å². The van der Waals surface area contributed by atoms with Gasteiger partial charge in [0.25, 0.3) is 0 Å². The highest BCUT2D eigenvalue weighted by atomic mass is 16.5. The maximum Gasteiger partial charge on any atom is 0.0921 e. The summed E-state index contributed by atoms with van der Waals surface area (Å²) in [5, 5.41) is 10.2. The highest BCUT2D eigenvalue weighted by molar-refractivity contribution is 5.17. The maximum absolute atomic E-state index is 10.2. The highest BCUT2D eigenvalue weighted by Crippen LogP contribution is 2.23. The molecule has 0 saturated carbocycles. The van der Waals surface area contributed by atoms with Crippen LogP contribution in [0.5, 0.6) is 0 Å². The molecule has 1 aliphatic rings. The van der Waals surface area contributed by atoms with Crippen LogP contribution in [0.15, 0.2) is 30.3 Å². The average Bonchev–Trinajstić information content (AvgIpc) is 2.19. The lowest BCUT2D eigenvalue weighted by Crippen LogP contribution is -2.40. The normalized spacial score (nSPS) is 27.5. The minimum atomic E-state index is -0.639. The topological polar surface area (TPSA) is 29.5 Å². The predicted octanol–water partition coefficient (Wildman–Crippen LogP) is 1.77. The van der Waals surface area contributed by atoms with E-state index >= 15 is 0 Å². The Hall–Kier alpha value is -0.860. The van der Waals surface area contributed by atoms with Gasteiger partial charge >= 0.3 is 0 Å². The van der Waals surface area contributed by atoms with E-state index in [1.165, 1.54) is 5.56 Å². The largest absolute Gasteiger partial charge is 0.387 e. The van der Waals surface area contributed by atoms with Gasteiger partial charge in [-0.3, -0.25) is 0 Å². The van der Waals surface area contributed by atoms with Crippen molar-refractivity contribution in [2.45, 2.75) is 24.9 Å². The molecule has 2 rings (SSSR count). The van der Waals surface area contributed by atoms with E-state index in [1.54, 1.807) is 0 Å². The zero-order chi connectivity index (χ0) is 9.86. The first-order valence-electron chi connectivity index (χ1n) is 5.13. The third-order valence-corrected chi connectivity index (χ3v) is 2.68. The van der Waals surface area contributed by atoms with Crippen molar-refractivity contribution in [3.05, 3.63) is 35.9 Å². The minimum Gasteiger partial charge on any atom is -0.387 e. The second-order valence-corrected chi connectivity index (χ2v) is 4.04. The zero-order valence-electron chi connectivity index (χ0n) is 8.28. The smallest absolute Gasteiger partial charge is 0.0921 e. The fourth-order valence-electron chi connectivity index (χ4n) is 1.95. The number of ether oxygens (including phenoxy) is 1. The summed E-state index contributed by atoms with van der Waals surface area (Å²) >= 11 is 0. The molecule has 76 valence electrons. The van der Waals surface area contributed by atoms with E-state index in [0.29, 0.717) is 13.0 Å². The molecule has 1 N–H and O–H groups in total. The van der Waals surface area contributed by atoms with Gasteiger partial charge in [0.15, 0.2) is 0 Å². The summed E-state index contributed by atoms with van der Waals surface area (Å²) in [6.45, 7) is 1.26. The van der Waals surface area contributed by atoms with Crippen LogP contribution >= 0.6 is 0 Å². The molecule has 0 spiro atoms. The Balaban J connectivity index is 2.02. The van der Waals surface area contributed by atoms with Gasteiger partial charge in [0.2, 0.25) is 0 Å². The molecule has 0 radical (unpaired) electrons. The molecule has 0 amide bonds. The molecule has 1 aromatic carbocycles. The van der Waals surface area contributed by atoms with Crippen LogP contribution in [0, 0.1) is 0 Å². The lowest BCUT2D eigenvalue weighted by atomic mass is 9.89. The van der Waals surface area contributed by atoms with Crippen LogP contribution in [0.2, 0.25) is 0 Å². The Morgan fingerprint density at radius 3 is 2.71 bits per heavy atom. The molecule has 1 aromatic rings. The second-order valence-electron chi connectivity index (χ2n) is 4.04. The Labute approximate surface area is 84.5 Å². The Morgan fingerprint density at radius 2 is 2.07 bits per heavy atom. The standard InChI is InChI=1S/C12H16O2/c13-12(7-4-8-14-10-12)9-11-5-2-1-3-6-11/h1-3,5-6,13H,4,7-10H2. The molecule has 2 nitrogen and oxygen atoms in total. The SMILES string of the molecule is OC1(Cc2ccccc2)CCCOC1. The van der Waals surface area contributed by atoms with Crippen LogP contribution in [0.1, 0.15) is 18.4 Å². The van der Waals surface area contributed by atoms with E-state index in [2.05, 4.69) is 0 Å². The maximum atomic E-state index is 10.2. The van der Waals surface area contributed by atoms with Crippen molar-refractivity contribution in [2.24, 2.45) is 0 Å². The predicted molar refractivity (Wildman–Crippen MR) is 55.1 cm³/mol. The number of rotatable bonds is 2. The molecule has 1 atom stereocenters. The van der Waals surface area contributed by atoms with E-state index in [-0.39, 0.29) is 0 Å². The number of hydrogen-bond donors (Lipinski definition) is 1. The lowest BCUT2D eigenvalue weighted by molar-refractivity contribution is -0.0844. The molecule has 14 heavy (non-hydrogen) atoms. The second kappa shape index (κ2) is 4.11. The molecule has 0 aliphatic carbocycles. The molecule has 0 bridgehead atoms. The van der Waals surface area contributed by atoms with Crippen molar-refractivity contribution in [2.75, 3.05) is 13.2 Å². The molecule has 1 saturated heterocycles. The third kappa shape index (κ3) is 2.34. The summed E-state index contributed by atoms with van der Waals surface area (Å²) in [6.07, 6.45) is 2.51. The van der Waals surface area contributed by atoms with Gasteiger partial charge in [-0.2, -0.15) is 0 Å². The summed E-state index contributed by atoms with van der Waals surface area (Å²) in [5.41, 5.74) is 0.542. The zero-order valence-corrected chi connectivity index (χ0v) is 8.28. The van der Waals surface area contributed by atoms with E-state index in [0.717, 1.165) is 19.4 Å². The van der Waals surface area contributed by atoms with Crippen LogP contribution < -0.4 is 0 Å². The molecule has 1 heterocycles. The average molecular weight is 192 g/mol. The number of benzene rings is 1. The first-order chi connectivity index (χ1) is 6.79. The summed E-state index contributed by atoms with van der Waals surface area (Å²) < 4.78 is 5.31. The molecule has 2 heteroatoms. The first-order valence-corrected chi connectivity index (χ1v) is 5.13.